The summed E-state index contributed by atoms with van der Waals surface area (Å²) >= 11 is 0. The van der Waals surface area contributed by atoms with Crippen LogP contribution in [0.25, 0.3) is 0 Å². The van der Waals surface area contributed by atoms with E-state index in [2.05, 4.69) is 13.8 Å². The molecule has 3 heteroatoms. The zero-order valence-corrected chi connectivity index (χ0v) is 10.9. The van der Waals surface area contributed by atoms with Crippen molar-refractivity contribution in [1.29, 1.82) is 0 Å². The molecule has 0 saturated heterocycles. The van der Waals surface area contributed by atoms with E-state index in [4.69, 9.17) is 9.47 Å². The zero-order chi connectivity index (χ0) is 12.7. The molecule has 0 aliphatic rings. The average molecular weight is 238 g/mol. The second kappa shape index (κ2) is 7.17. The highest BCUT2D eigenvalue weighted by Gasteiger charge is 2.08. The quantitative estimate of drug-likeness (QED) is 0.793. The molecule has 0 aliphatic carbocycles. The molecule has 0 bridgehead atoms. The van der Waals surface area contributed by atoms with E-state index in [1.165, 1.54) is 0 Å². The fraction of sp³-hybridized carbons (Fsp3) is 0.571. The van der Waals surface area contributed by atoms with Gasteiger partial charge in [0.2, 0.25) is 0 Å². The molecule has 0 atom stereocenters. The Morgan fingerprint density at radius 1 is 1.24 bits per heavy atom. The Morgan fingerprint density at radius 3 is 2.47 bits per heavy atom. The van der Waals surface area contributed by atoms with Gasteiger partial charge in [-0.05, 0) is 24.1 Å². The molecule has 0 unspecified atom stereocenters. The summed E-state index contributed by atoms with van der Waals surface area (Å²) < 4.78 is 10.9. The van der Waals surface area contributed by atoms with Crippen LogP contribution >= 0.6 is 0 Å². The van der Waals surface area contributed by atoms with Crippen molar-refractivity contribution in [3.8, 4) is 11.5 Å². The summed E-state index contributed by atoms with van der Waals surface area (Å²) in [5.41, 5.74) is 0.773. The first-order chi connectivity index (χ1) is 8.24. The highest BCUT2D eigenvalue weighted by molar-refractivity contribution is 5.39. The SMILES string of the molecule is CCC(CC)COc1ccc(OC)cc1CO. The van der Waals surface area contributed by atoms with Gasteiger partial charge in [-0.15, -0.1) is 0 Å². The maximum atomic E-state index is 9.28. The Morgan fingerprint density at radius 2 is 1.94 bits per heavy atom. The lowest BCUT2D eigenvalue weighted by Gasteiger charge is -2.16. The van der Waals surface area contributed by atoms with Gasteiger partial charge in [-0.25, -0.2) is 0 Å². The molecule has 0 aliphatic heterocycles. The third kappa shape index (κ3) is 3.93. The number of benzene rings is 1. The lowest BCUT2D eigenvalue weighted by molar-refractivity contribution is 0.226. The summed E-state index contributed by atoms with van der Waals surface area (Å²) in [6.07, 6.45) is 2.22. The molecule has 1 aromatic carbocycles. The molecule has 0 radical (unpaired) electrons. The van der Waals surface area contributed by atoms with Crippen LogP contribution in [-0.4, -0.2) is 18.8 Å². The third-order valence-electron chi connectivity index (χ3n) is 3.07. The van der Waals surface area contributed by atoms with Gasteiger partial charge in [0, 0.05) is 5.56 Å². The lowest BCUT2D eigenvalue weighted by Crippen LogP contribution is -2.11. The molecule has 1 N–H and O–H groups in total. The fourth-order valence-corrected chi connectivity index (χ4v) is 1.68. The van der Waals surface area contributed by atoms with Crippen LogP contribution in [0.2, 0.25) is 0 Å². The number of hydrogen-bond donors (Lipinski definition) is 1. The number of hydrogen-bond acceptors (Lipinski definition) is 3. The van der Waals surface area contributed by atoms with Crippen LogP contribution in [0.4, 0.5) is 0 Å². The van der Waals surface area contributed by atoms with Crippen molar-refractivity contribution >= 4 is 0 Å². The minimum atomic E-state index is -0.0323. The van der Waals surface area contributed by atoms with E-state index in [1.807, 2.05) is 18.2 Å². The van der Waals surface area contributed by atoms with Crippen molar-refractivity contribution in [2.45, 2.75) is 33.3 Å². The van der Waals surface area contributed by atoms with E-state index in [0.29, 0.717) is 12.5 Å². The van der Waals surface area contributed by atoms with E-state index in [0.717, 1.165) is 29.9 Å². The van der Waals surface area contributed by atoms with Crippen LogP contribution in [0, 0.1) is 5.92 Å². The van der Waals surface area contributed by atoms with Crippen LogP contribution in [0.5, 0.6) is 11.5 Å². The Balaban J connectivity index is 2.70. The second-order valence-corrected chi connectivity index (χ2v) is 4.13. The van der Waals surface area contributed by atoms with Crippen LogP contribution in [0.1, 0.15) is 32.3 Å². The van der Waals surface area contributed by atoms with E-state index >= 15 is 0 Å². The van der Waals surface area contributed by atoms with Crippen LogP contribution in [0.15, 0.2) is 18.2 Å². The minimum absolute atomic E-state index is 0.0323. The number of ether oxygens (including phenoxy) is 2. The summed E-state index contributed by atoms with van der Waals surface area (Å²) in [6.45, 7) is 5.00. The van der Waals surface area contributed by atoms with Crippen molar-refractivity contribution in [1.82, 2.24) is 0 Å². The summed E-state index contributed by atoms with van der Waals surface area (Å²) in [6, 6.07) is 5.51. The molecule has 3 nitrogen and oxygen atoms in total. The summed E-state index contributed by atoms with van der Waals surface area (Å²) in [7, 11) is 1.61. The van der Waals surface area contributed by atoms with Gasteiger partial charge in [0.1, 0.15) is 11.5 Å². The first kappa shape index (κ1) is 13.8. The highest BCUT2D eigenvalue weighted by atomic mass is 16.5. The number of aliphatic hydroxyl groups is 1. The van der Waals surface area contributed by atoms with E-state index in [9.17, 15) is 5.11 Å². The first-order valence-corrected chi connectivity index (χ1v) is 6.15. The highest BCUT2D eigenvalue weighted by Crippen LogP contribution is 2.25. The molecule has 17 heavy (non-hydrogen) atoms. The largest absolute Gasteiger partial charge is 0.497 e. The monoisotopic (exact) mass is 238 g/mol. The Hall–Kier alpha value is -1.22. The fourth-order valence-electron chi connectivity index (χ4n) is 1.68. The minimum Gasteiger partial charge on any atom is -0.497 e. The van der Waals surface area contributed by atoms with E-state index in [1.54, 1.807) is 7.11 Å². The Bertz CT molecular complexity index is 332. The third-order valence-corrected chi connectivity index (χ3v) is 3.07. The maximum absolute atomic E-state index is 9.28. The predicted molar refractivity (Wildman–Crippen MR) is 68.5 cm³/mol. The van der Waals surface area contributed by atoms with Gasteiger partial charge in [-0.1, -0.05) is 26.7 Å². The molecule has 0 spiro atoms. The molecular formula is C14H22O3. The van der Waals surface area contributed by atoms with Gasteiger partial charge >= 0.3 is 0 Å². The van der Waals surface area contributed by atoms with Gasteiger partial charge in [-0.2, -0.15) is 0 Å². The summed E-state index contributed by atoms with van der Waals surface area (Å²) in [4.78, 5) is 0. The zero-order valence-electron chi connectivity index (χ0n) is 10.9. The Kier molecular flexibility index (Phi) is 5.84. The van der Waals surface area contributed by atoms with Crippen molar-refractivity contribution in [3.63, 3.8) is 0 Å². The van der Waals surface area contributed by atoms with Gasteiger partial charge in [-0.3, -0.25) is 0 Å². The lowest BCUT2D eigenvalue weighted by atomic mass is 10.1. The average Bonchev–Trinajstić information content (AvgIpc) is 2.39. The van der Waals surface area contributed by atoms with Gasteiger partial charge < -0.3 is 14.6 Å². The van der Waals surface area contributed by atoms with Gasteiger partial charge in [0.05, 0.1) is 20.3 Å². The van der Waals surface area contributed by atoms with E-state index < -0.39 is 0 Å². The number of rotatable bonds is 7. The molecule has 0 saturated carbocycles. The van der Waals surface area contributed by atoms with Crippen molar-refractivity contribution < 1.29 is 14.6 Å². The normalized spacial score (nSPS) is 10.6. The molecule has 96 valence electrons. The summed E-state index contributed by atoms with van der Waals surface area (Å²) in [5.74, 6) is 2.06. The van der Waals surface area contributed by atoms with Crippen LogP contribution in [0.3, 0.4) is 0 Å². The molecule has 1 aromatic rings. The first-order valence-electron chi connectivity index (χ1n) is 6.15. The van der Waals surface area contributed by atoms with Gasteiger partial charge in [0.15, 0.2) is 0 Å². The van der Waals surface area contributed by atoms with E-state index in [-0.39, 0.29) is 6.61 Å². The number of aliphatic hydroxyl groups excluding tert-OH is 1. The number of methoxy groups -OCH3 is 1. The van der Waals surface area contributed by atoms with Crippen molar-refractivity contribution in [2.24, 2.45) is 5.92 Å². The smallest absolute Gasteiger partial charge is 0.125 e. The van der Waals surface area contributed by atoms with Crippen molar-refractivity contribution in [3.05, 3.63) is 23.8 Å². The van der Waals surface area contributed by atoms with Crippen LogP contribution in [-0.2, 0) is 6.61 Å². The van der Waals surface area contributed by atoms with Crippen molar-refractivity contribution in [2.75, 3.05) is 13.7 Å². The molecule has 0 amide bonds. The topological polar surface area (TPSA) is 38.7 Å². The Labute approximate surface area is 103 Å². The predicted octanol–water partition coefficient (Wildman–Crippen LogP) is 3.00. The second-order valence-electron chi connectivity index (χ2n) is 4.13. The molecule has 0 heterocycles. The molecule has 1 rings (SSSR count). The molecular weight excluding hydrogens is 216 g/mol. The maximum Gasteiger partial charge on any atom is 0.125 e. The van der Waals surface area contributed by atoms with Gasteiger partial charge in [0.25, 0.3) is 0 Å². The summed E-state index contributed by atoms with van der Waals surface area (Å²) in [5, 5.41) is 9.28. The standard InChI is InChI=1S/C14H22O3/c1-4-11(5-2)10-17-14-7-6-13(16-3)8-12(14)9-15/h6-8,11,15H,4-5,9-10H2,1-3H3. The molecule has 0 fully saturated rings. The molecule has 0 aromatic heterocycles. The van der Waals surface area contributed by atoms with Crippen LogP contribution < -0.4 is 9.47 Å².